The molecule has 0 bridgehead atoms. The lowest BCUT2D eigenvalue weighted by atomic mass is 10.2. The Kier molecular flexibility index (Phi) is 7.92. The Hall–Kier alpha value is -5.01. The van der Waals surface area contributed by atoms with Crippen molar-refractivity contribution in [2.45, 2.75) is 13.5 Å². The number of pyridine rings is 1. The number of anilines is 2. The van der Waals surface area contributed by atoms with E-state index in [0.29, 0.717) is 58.8 Å². The Labute approximate surface area is 241 Å². The minimum absolute atomic E-state index is 0.160. The number of fused-ring (bicyclic) bond motifs is 1. The van der Waals surface area contributed by atoms with E-state index >= 15 is 0 Å². The van der Waals surface area contributed by atoms with Crippen LogP contribution < -0.4 is 25.8 Å². The highest BCUT2D eigenvalue weighted by molar-refractivity contribution is 6.06. The maximum Gasteiger partial charge on any atom is 0.259 e. The monoisotopic (exact) mass is 569 g/mol. The van der Waals surface area contributed by atoms with Gasteiger partial charge in [0.15, 0.2) is 17.3 Å². The van der Waals surface area contributed by atoms with Crippen LogP contribution in [-0.2, 0) is 6.54 Å². The van der Waals surface area contributed by atoms with Crippen molar-refractivity contribution >= 4 is 28.4 Å². The number of aryl methyl sites for hydroxylation is 1. The van der Waals surface area contributed by atoms with Gasteiger partial charge in [-0.05, 0) is 41.5 Å². The summed E-state index contributed by atoms with van der Waals surface area (Å²) in [6, 6.07) is 16.2. The molecule has 0 unspecified atom stereocenters. The van der Waals surface area contributed by atoms with Gasteiger partial charge < -0.3 is 30.4 Å². The lowest BCUT2D eigenvalue weighted by Crippen LogP contribution is -2.44. The number of amides is 1. The summed E-state index contributed by atoms with van der Waals surface area (Å²) in [6.45, 7) is 7.84. The Balaban J connectivity index is 1.14. The minimum atomic E-state index is -0.273. The zero-order chi connectivity index (χ0) is 28.9. The summed E-state index contributed by atoms with van der Waals surface area (Å²) in [7, 11) is 0. The fourth-order valence-electron chi connectivity index (χ4n) is 4.87. The molecule has 13 nitrogen and oxygen atoms in total. The highest BCUT2D eigenvalue weighted by Gasteiger charge is 2.20. The predicted molar refractivity (Wildman–Crippen MR) is 157 cm³/mol. The molecule has 5 aromatic rings. The predicted octanol–water partition coefficient (Wildman–Crippen LogP) is 3.41. The van der Waals surface area contributed by atoms with E-state index in [9.17, 15) is 4.79 Å². The van der Waals surface area contributed by atoms with Crippen molar-refractivity contribution in [1.29, 1.82) is 0 Å². The number of aromatic nitrogens is 5. The van der Waals surface area contributed by atoms with Crippen molar-refractivity contribution in [3.05, 3.63) is 66.4 Å². The molecule has 6 rings (SSSR count). The van der Waals surface area contributed by atoms with Crippen LogP contribution in [0.25, 0.3) is 22.6 Å². The zero-order valence-electron chi connectivity index (χ0n) is 23.1. The number of para-hydroxylation sites is 1. The average molecular weight is 570 g/mol. The molecule has 1 fully saturated rings. The standard InChI is InChI=1S/C29H31N9O4/c1-2-38-23-17-25(32-18-22(23)34-28(38)26-27(30)36-42-35-26)41-20-7-5-6-19(16-20)33-29(39)21-8-3-4-9-24(21)40-15-14-37-12-10-31-11-13-37/h3-9,16-18,31H,2,10-15H2,1H3,(H2,30,36)(H,33,39). The lowest BCUT2D eigenvalue weighted by molar-refractivity contribution is 0.102. The van der Waals surface area contributed by atoms with Gasteiger partial charge in [-0.25, -0.2) is 14.6 Å². The molecular formula is C29H31N9O4. The number of hydrogen-bond donors (Lipinski definition) is 3. The molecule has 0 saturated carbocycles. The number of imidazole rings is 1. The summed E-state index contributed by atoms with van der Waals surface area (Å²) in [5.41, 5.74) is 8.73. The molecular weight excluding hydrogens is 538 g/mol. The molecule has 1 aliphatic rings. The van der Waals surface area contributed by atoms with Crippen LogP contribution in [-0.4, -0.2) is 75.0 Å². The molecule has 4 heterocycles. The second-order valence-electron chi connectivity index (χ2n) is 9.71. The Morgan fingerprint density at radius 1 is 1.12 bits per heavy atom. The van der Waals surface area contributed by atoms with Crippen LogP contribution in [0.4, 0.5) is 11.5 Å². The first-order valence-electron chi connectivity index (χ1n) is 13.8. The van der Waals surface area contributed by atoms with E-state index in [1.165, 1.54) is 0 Å². The molecule has 0 radical (unpaired) electrons. The van der Waals surface area contributed by atoms with Gasteiger partial charge in [0, 0.05) is 57.1 Å². The molecule has 2 aromatic carbocycles. The number of rotatable bonds is 10. The van der Waals surface area contributed by atoms with Gasteiger partial charge in [-0.15, -0.1) is 0 Å². The van der Waals surface area contributed by atoms with Crippen LogP contribution in [0.5, 0.6) is 17.4 Å². The van der Waals surface area contributed by atoms with E-state index in [4.69, 9.17) is 19.8 Å². The summed E-state index contributed by atoms with van der Waals surface area (Å²) >= 11 is 0. The highest BCUT2D eigenvalue weighted by atomic mass is 16.6. The van der Waals surface area contributed by atoms with E-state index in [1.807, 2.05) is 29.7 Å². The topological polar surface area (TPSA) is 158 Å². The van der Waals surface area contributed by atoms with Gasteiger partial charge in [-0.3, -0.25) is 9.69 Å². The van der Waals surface area contributed by atoms with Crippen molar-refractivity contribution in [2.24, 2.45) is 0 Å². The molecule has 1 saturated heterocycles. The second kappa shape index (κ2) is 12.2. The number of nitrogens with one attached hydrogen (secondary N) is 2. The molecule has 3 aromatic heterocycles. The van der Waals surface area contributed by atoms with Gasteiger partial charge in [0.25, 0.3) is 5.91 Å². The Bertz CT molecular complexity index is 1690. The number of ether oxygens (including phenoxy) is 2. The largest absolute Gasteiger partial charge is 0.491 e. The van der Waals surface area contributed by atoms with Crippen molar-refractivity contribution < 1.29 is 18.9 Å². The Morgan fingerprint density at radius 3 is 2.79 bits per heavy atom. The van der Waals surface area contributed by atoms with Crippen LogP contribution in [0, 0.1) is 0 Å². The highest BCUT2D eigenvalue weighted by Crippen LogP contribution is 2.30. The molecule has 1 aliphatic heterocycles. The van der Waals surface area contributed by atoms with Crippen LogP contribution in [0.15, 0.2) is 65.4 Å². The first-order chi connectivity index (χ1) is 20.6. The van der Waals surface area contributed by atoms with E-state index in [2.05, 4.69) is 35.8 Å². The van der Waals surface area contributed by atoms with Crippen LogP contribution in [0.2, 0.25) is 0 Å². The molecule has 0 aliphatic carbocycles. The lowest BCUT2D eigenvalue weighted by Gasteiger charge is -2.27. The van der Waals surface area contributed by atoms with Gasteiger partial charge in [-0.2, -0.15) is 0 Å². The molecule has 4 N–H and O–H groups in total. The number of benzene rings is 2. The second-order valence-corrected chi connectivity index (χ2v) is 9.71. The van der Waals surface area contributed by atoms with Gasteiger partial charge in [0.2, 0.25) is 5.88 Å². The van der Waals surface area contributed by atoms with E-state index in [0.717, 1.165) is 38.2 Å². The average Bonchev–Trinajstić information content (AvgIpc) is 3.60. The third kappa shape index (κ3) is 5.87. The minimum Gasteiger partial charge on any atom is -0.491 e. The number of hydrogen-bond acceptors (Lipinski definition) is 11. The summed E-state index contributed by atoms with van der Waals surface area (Å²) in [6.07, 6.45) is 1.62. The van der Waals surface area contributed by atoms with Crippen molar-refractivity contribution in [3.8, 4) is 28.9 Å². The van der Waals surface area contributed by atoms with Crippen molar-refractivity contribution in [2.75, 3.05) is 50.4 Å². The fourth-order valence-corrected chi connectivity index (χ4v) is 4.87. The van der Waals surface area contributed by atoms with Gasteiger partial charge in [0.1, 0.15) is 23.6 Å². The SMILES string of the molecule is CCn1c(-c2nonc2N)nc2cnc(Oc3cccc(NC(=O)c4ccccc4OCCN4CCNCC4)c3)cc21. The molecule has 13 heteroatoms. The number of nitrogens with zero attached hydrogens (tertiary/aromatic N) is 6. The number of carbonyl (C=O) groups is 1. The smallest absolute Gasteiger partial charge is 0.259 e. The number of nitrogens with two attached hydrogens (primary N) is 1. The summed E-state index contributed by atoms with van der Waals surface area (Å²) in [5.74, 6) is 1.83. The third-order valence-corrected chi connectivity index (χ3v) is 6.97. The number of nitrogen functional groups attached to an aromatic ring is 1. The van der Waals surface area contributed by atoms with Gasteiger partial charge in [-0.1, -0.05) is 18.2 Å². The molecule has 0 atom stereocenters. The normalized spacial score (nSPS) is 13.7. The van der Waals surface area contributed by atoms with Gasteiger partial charge in [0.05, 0.1) is 17.3 Å². The van der Waals surface area contributed by atoms with E-state index in [-0.39, 0.29) is 11.7 Å². The van der Waals surface area contributed by atoms with E-state index < -0.39 is 0 Å². The van der Waals surface area contributed by atoms with Crippen molar-refractivity contribution in [1.82, 2.24) is 35.1 Å². The first-order valence-corrected chi connectivity index (χ1v) is 13.8. The third-order valence-electron chi connectivity index (χ3n) is 6.97. The van der Waals surface area contributed by atoms with E-state index in [1.54, 1.807) is 42.6 Å². The van der Waals surface area contributed by atoms with Crippen LogP contribution in [0.3, 0.4) is 0 Å². The maximum atomic E-state index is 13.2. The summed E-state index contributed by atoms with van der Waals surface area (Å²) < 4.78 is 18.8. The Morgan fingerprint density at radius 2 is 1.98 bits per heavy atom. The van der Waals surface area contributed by atoms with Crippen LogP contribution in [0.1, 0.15) is 17.3 Å². The zero-order valence-corrected chi connectivity index (χ0v) is 23.1. The quantitative estimate of drug-likeness (QED) is 0.226. The summed E-state index contributed by atoms with van der Waals surface area (Å²) in [4.78, 5) is 24.6. The van der Waals surface area contributed by atoms with Gasteiger partial charge >= 0.3 is 0 Å². The van der Waals surface area contributed by atoms with Crippen LogP contribution >= 0.6 is 0 Å². The molecule has 216 valence electrons. The molecule has 42 heavy (non-hydrogen) atoms. The number of carbonyl (C=O) groups excluding carboxylic acids is 1. The fraction of sp³-hybridized carbons (Fsp3) is 0.276. The maximum absolute atomic E-state index is 13.2. The molecule has 1 amide bonds. The first kappa shape index (κ1) is 27.2. The summed E-state index contributed by atoms with van der Waals surface area (Å²) in [5, 5.41) is 13.8. The van der Waals surface area contributed by atoms with Crippen molar-refractivity contribution in [3.63, 3.8) is 0 Å². The number of piperazine rings is 1. The molecule has 0 spiro atoms.